The maximum atomic E-state index is 6.62. The van der Waals surface area contributed by atoms with Gasteiger partial charge in [0.2, 0.25) is 0 Å². The molecule has 3 rings (SSSR count). The molecule has 0 radical (unpaired) electrons. The minimum atomic E-state index is -0.0940. The molecule has 1 atom stereocenters. The fourth-order valence-corrected chi connectivity index (χ4v) is 5.30. The summed E-state index contributed by atoms with van der Waals surface area (Å²) in [6.45, 7) is 16.0. The molecule has 0 saturated heterocycles. The Morgan fingerprint density at radius 1 is 1.17 bits per heavy atom. The lowest BCUT2D eigenvalue weighted by Crippen LogP contribution is -2.25. The van der Waals surface area contributed by atoms with Gasteiger partial charge in [0.15, 0.2) is 0 Å². The van der Waals surface area contributed by atoms with Crippen molar-refractivity contribution in [3.63, 3.8) is 0 Å². The summed E-state index contributed by atoms with van der Waals surface area (Å²) in [6.07, 6.45) is 9.25. The molecule has 0 aliphatic heterocycles. The van der Waals surface area contributed by atoms with Crippen LogP contribution in [0.4, 0.5) is 0 Å². The molecule has 1 saturated carbocycles. The topological polar surface area (TPSA) is 9.23 Å². The quantitative estimate of drug-likeness (QED) is 0.559. The van der Waals surface area contributed by atoms with E-state index in [-0.39, 0.29) is 17.1 Å². The van der Waals surface area contributed by atoms with Gasteiger partial charge in [-0.15, -0.1) is 11.3 Å². The number of hydrogen-bond acceptors (Lipinski definition) is 2. The van der Waals surface area contributed by atoms with Crippen molar-refractivity contribution in [1.82, 2.24) is 0 Å². The predicted molar refractivity (Wildman–Crippen MR) is 106 cm³/mol. The monoisotopic (exact) mass is 346 g/mol. The Balaban J connectivity index is 2.10. The Bertz CT molecular complexity index is 638. The first-order valence-corrected chi connectivity index (χ1v) is 10.4. The molecule has 0 spiro atoms. The molecule has 2 aliphatic rings. The number of thiophene rings is 1. The van der Waals surface area contributed by atoms with E-state index in [9.17, 15) is 0 Å². The number of rotatable bonds is 4. The highest BCUT2D eigenvalue weighted by Crippen LogP contribution is 2.53. The van der Waals surface area contributed by atoms with E-state index in [1.54, 1.807) is 5.57 Å². The van der Waals surface area contributed by atoms with Gasteiger partial charge in [-0.2, -0.15) is 0 Å². The summed E-state index contributed by atoms with van der Waals surface area (Å²) in [5.74, 6) is 0.711. The normalized spacial score (nSPS) is 22.4. The van der Waals surface area contributed by atoms with Crippen LogP contribution in [0.5, 0.6) is 0 Å². The minimum absolute atomic E-state index is 0.0940. The van der Waals surface area contributed by atoms with Gasteiger partial charge in [0.25, 0.3) is 0 Å². The van der Waals surface area contributed by atoms with Crippen molar-refractivity contribution in [3.8, 4) is 0 Å². The van der Waals surface area contributed by atoms with Gasteiger partial charge in [-0.25, -0.2) is 0 Å². The third-order valence-corrected chi connectivity index (χ3v) is 6.51. The molecule has 0 aromatic carbocycles. The fourth-order valence-electron chi connectivity index (χ4n) is 4.19. The van der Waals surface area contributed by atoms with Gasteiger partial charge in [0.05, 0.1) is 11.7 Å². The van der Waals surface area contributed by atoms with Crippen molar-refractivity contribution in [1.29, 1.82) is 0 Å². The van der Waals surface area contributed by atoms with E-state index in [2.05, 4.69) is 54.5 Å². The van der Waals surface area contributed by atoms with Crippen molar-refractivity contribution >= 4 is 16.9 Å². The van der Waals surface area contributed by atoms with E-state index in [0.717, 1.165) is 0 Å². The number of aryl methyl sites for hydroxylation is 2. The first-order chi connectivity index (χ1) is 11.1. The van der Waals surface area contributed by atoms with Crippen LogP contribution in [0, 0.1) is 25.2 Å². The van der Waals surface area contributed by atoms with Gasteiger partial charge < -0.3 is 4.74 Å². The summed E-state index contributed by atoms with van der Waals surface area (Å²) >= 11 is 1.97. The third kappa shape index (κ3) is 3.65. The first kappa shape index (κ1) is 18.2. The van der Waals surface area contributed by atoms with E-state index in [1.165, 1.54) is 53.0 Å². The highest BCUT2D eigenvalue weighted by molar-refractivity contribution is 7.12. The average molecular weight is 347 g/mol. The maximum Gasteiger partial charge on any atom is 0.0876 e. The lowest BCUT2D eigenvalue weighted by atomic mass is 9.71. The second kappa shape index (κ2) is 6.29. The largest absolute Gasteiger partial charge is 0.368 e. The first-order valence-electron chi connectivity index (χ1n) is 9.59. The molecule has 1 heterocycles. The Kier molecular flexibility index (Phi) is 4.77. The molecule has 1 nitrogen and oxygen atoms in total. The van der Waals surface area contributed by atoms with Gasteiger partial charge in [-0.1, -0.05) is 19.9 Å². The maximum absolute atomic E-state index is 6.62. The highest BCUT2D eigenvalue weighted by Gasteiger charge is 2.40. The van der Waals surface area contributed by atoms with Crippen molar-refractivity contribution in [2.75, 3.05) is 0 Å². The second-order valence-corrected chi connectivity index (χ2v) is 10.8. The van der Waals surface area contributed by atoms with Crippen LogP contribution in [0.25, 0.3) is 5.57 Å². The minimum Gasteiger partial charge on any atom is -0.368 e. The van der Waals surface area contributed by atoms with Crippen molar-refractivity contribution in [3.05, 3.63) is 27.0 Å². The Hall–Kier alpha value is -0.600. The van der Waals surface area contributed by atoms with Crippen LogP contribution in [-0.2, 0) is 4.74 Å². The number of allylic oxidation sites excluding steroid dienone is 2. The second-order valence-electron chi connectivity index (χ2n) is 9.39. The zero-order valence-electron chi connectivity index (χ0n) is 16.6. The van der Waals surface area contributed by atoms with E-state index < -0.39 is 0 Å². The van der Waals surface area contributed by atoms with Gasteiger partial charge in [-0.3, -0.25) is 0 Å². The number of ether oxygens (including phenoxy) is 1. The molecule has 2 heteroatoms. The standard InChI is InChI=1S/C22H34OS/c1-14-18(17-10-8-9-13-22(17,6)7)19(15(2)24-14)20(16-11-12-16)23-21(3,4)5/h10,16,20H,8-9,11-13H2,1-7H3. The zero-order valence-corrected chi connectivity index (χ0v) is 17.4. The molecule has 0 bridgehead atoms. The molecule has 2 aliphatic carbocycles. The van der Waals surface area contributed by atoms with E-state index in [0.29, 0.717) is 5.92 Å². The average Bonchev–Trinajstić information content (AvgIpc) is 3.22. The molecule has 134 valence electrons. The molecule has 1 aromatic rings. The van der Waals surface area contributed by atoms with Crippen LogP contribution < -0.4 is 0 Å². The highest BCUT2D eigenvalue weighted by atomic mass is 32.1. The molecule has 24 heavy (non-hydrogen) atoms. The third-order valence-electron chi connectivity index (χ3n) is 5.47. The lowest BCUT2D eigenvalue weighted by molar-refractivity contribution is -0.0718. The molecule has 1 aromatic heterocycles. The Morgan fingerprint density at radius 3 is 2.38 bits per heavy atom. The van der Waals surface area contributed by atoms with Crippen molar-refractivity contribution in [2.45, 2.75) is 92.3 Å². The Morgan fingerprint density at radius 2 is 1.83 bits per heavy atom. The summed E-state index contributed by atoms with van der Waals surface area (Å²) in [5.41, 5.74) is 4.80. The SMILES string of the molecule is Cc1sc(C)c(C(OC(C)(C)C)C2CC2)c1C1=CCCCC1(C)C. The molecule has 0 N–H and O–H groups in total. The molecule has 1 fully saturated rings. The van der Waals surface area contributed by atoms with Gasteiger partial charge in [-0.05, 0) is 89.2 Å². The predicted octanol–water partition coefficient (Wildman–Crippen LogP) is 7.22. The molecule has 1 unspecified atom stereocenters. The van der Waals surface area contributed by atoms with Gasteiger partial charge >= 0.3 is 0 Å². The summed E-state index contributed by atoms with van der Waals surface area (Å²) < 4.78 is 6.62. The van der Waals surface area contributed by atoms with Crippen LogP contribution in [0.2, 0.25) is 0 Å². The van der Waals surface area contributed by atoms with Gasteiger partial charge in [0.1, 0.15) is 0 Å². The van der Waals surface area contributed by atoms with Crippen LogP contribution in [0.1, 0.15) is 93.7 Å². The lowest BCUT2D eigenvalue weighted by Gasteiger charge is -2.35. The van der Waals surface area contributed by atoms with Gasteiger partial charge in [0, 0.05) is 15.3 Å². The summed E-state index contributed by atoms with van der Waals surface area (Å²) in [4.78, 5) is 2.94. The fraction of sp³-hybridized carbons (Fsp3) is 0.727. The van der Waals surface area contributed by atoms with E-state index in [1.807, 2.05) is 11.3 Å². The van der Waals surface area contributed by atoms with E-state index in [4.69, 9.17) is 4.74 Å². The molecule has 0 amide bonds. The molecular weight excluding hydrogens is 312 g/mol. The molecular formula is C22H34OS. The number of hydrogen-bond donors (Lipinski definition) is 0. The van der Waals surface area contributed by atoms with Crippen molar-refractivity contribution < 1.29 is 4.74 Å². The van der Waals surface area contributed by atoms with Crippen LogP contribution in [0.15, 0.2) is 6.08 Å². The zero-order chi connectivity index (χ0) is 17.7. The smallest absolute Gasteiger partial charge is 0.0876 e. The van der Waals surface area contributed by atoms with Crippen molar-refractivity contribution in [2.24, 2.45) is 11.3 Å². The van der Waals surface area contributed by atoms with E-state index >= 15 is 0 Å². The summed E-state index contributed by atoms with van der Waals surface area (Å²) in [5, 5.41) is 0. The Labute approximate surface area is 152 Å². The van der Waals surface area contributed by atoms with Crippen LogP contribution in [0.3, 0.4) is 0 Å². The van der Waals surface area contributed by atoms with Crippen LogP contribution in [-0.4, -0.2) is 5.60 Å². The van der Waals surface area contributed by atoms with Crippen LogP contribution >= 0.6 is 11.3 Å². The summed E-state index contributed by atoms with van der Waals surface area (Å²) in [6, 6.07) is 0. The summed E-state index contributed by atoms with van der Waals surface area (Å²) in [7, 11) is 0.